The largest absolute Gasteiger partial charge is 0.462 e. The minimum absolute atomic E-state index is 0.0716. The maximum Gasteiger partial charge on any atom is 0.341 e. The van der Waals surface area contributed by atoms with Crippen LogP contribution in [0.5, 0.6) is 0 Å². The average molecular weight is 473 g/mol. The van der Waals surface area contributed by atoms with Crippen LogP contribution in [0.15, 0.2) is 29.2 Å². The predicted molar refractivity (Wildman–Crippen MR) is 129 cm³/mol. The van der Waals surface area contributed by atoms with Crippen LogP contribution in [0.4, 0.5) is 10.7 Å². The molecule has 170 valence electrons. The Morgan fingerprint density at radius 3 is 2.78 bits per heavy atom. The van der Waals surface area contributed by atoms with E-state index >= 15 is 0 Å². The number of benzene rings is 1. The van der Waals surface area contributed by atoms with Crippen LogP contribution in [0.3, 0.4) is 0 Å². The molecule has 2 aromatic rings. The Balaban J connectivity index is 1.59. The highest BCUT2D eigenvalue weighted by Crippen LogP contribution is 2.39. The molecule has 0 spiro atoms. The topological polar surface area (TPSA) is 75.7 Å². The highest BCUT2D eigenvalue weighted by atomic mass is 32.2. The van der Waals surface area contributed by atoms with Crippen molar-refractivity contribution >= 4 is 51.6 Å². The van der Waals surface area contributed by atoms with E-state index in [9.17, 15) is 14.4 Å². The predicted octanol–water partition coefficient (Wildman–Crippen LogP) is 5.05. The summed E-state index contributed by atoms with van der Waals surface area (Å²) in [5.41, 5.74) is 2.27. The molecule has 4 rings (SSSR count). The molecule has 0 saturated carbocycles. The van der Waals surface area contributed by atoms with Gasteiger partial charge in [-0.25, -0.2) is 4.79 Å². The number of thioether (sulfide) groups is 1. The zero-order valence-electron chi connectivity index (χ0n) is 18.4. The van der Waals surface area contributed by atoms with Gasteiger partial charge in [-0.15, -0.1) is 23.1 Å². The van der Waals surface area contributed by atoms with Crippen LogP contribution in [-0.2, 0) is 27.2 Å². The fourth-order valence-corrected chi connectivity index (χ4v) is 6.67. The van der Waals surface area contributed by atoms with Gasteiger partial charge < -0.3 is 15.0 Å². The van der Waals surface area contributed by atoms with Gasteiger partial charge in [0.15, 0.2) is 0 Å². The molecule has 1 aliphatic heterocycles. The lowest BCUT2D eigenvalue weighted by molar-refractivity contribution is -0.121. The molecule has 0 saturated heterocycles. The second-order valence-corrected chi connectivity index (χ2v) is 10.7. The molecule has 1 atom stereocenters. The number of carbonyl (C=O) groups is 3. The molecule has 1 aromatic carbocycles. The van der Waals surface area contributed by atoms with E-state index in [-0.39, 0.29) is 36.2 Å². The average Bonchev–Trinajstić information content (AvgIpc) is 2.86. The molecule has 32 heavy (non-hydrogen) atoms. The molecule has 2 amide bonds. The molecule has 1 aromatic heterocycles. The van der Waals surface area contributed by atoms with Crippen LogP contribution in [0, 0.1) is 0 Å². The van der Waals surface area contributed by atoms with Gasteiger partial charge in [-0.2, -0.15) is 0 Å². The van der Waals surface area contributed by atoms with E-state index in [2.05, 4.69) is 5.32 Å². The van der Waals surface area contributed by atoms with Gasteiger partial charge >= 0.3 is 5.97 Å². The van der Waals surface area contributed by atoms with Gasteiger partial charge in [-0.1, -0.05) is 25.5 Å². The number of aryl methyl sites for hydroxylation is 1. The maximum absolute atomic E-state index is 13.1. The summed E-state index contributed by atoms with van der Waals surface area (Å²) in [6.45, 7) is 4.00. The second kappa shape index (κ2) is 10.1. The Labute approximate surface area is 196 Å². The number of fused-ring (bicyclic) bond motifs is 2. The molecule has 6 nitrogen and oxygen atoms in total. The molecule has 0 radical (unpaired) electrons. The Hall–Kier alpha value is -2.32. The molecule has 0 bridgehead atoms. The van der Waals surface area contributed by atoms with E-state index in [1.807, 2.05) is 31.2 Å². The van der Waals surface area contributed by atoms with Crippen molar-refractivity contribution in [1.29, 1.82) is 0 Å². The van der Waals surface area contributed by atoms with Crippen molar-refractivity contribution in [3.8, 4) is 0 Å². The number of hydrogen-bond donors (Lipinski definition) is 1. The van der Waals surface area contributed by atoms with Crippen molar-refractivity contribution < 1.29 is 19.1 Å². The fourth-order valence-electron chi connectivity index (χ4n) is 4.26. The van der Waals surface area contributed by atoms with Crippen molar-refractivity contribution in [3.05, 3.63) is 40.3 Å². The van der Waals surface area contributed by atoms with Crippen LogP contribution in [-0.4, -0.2) is 36.2 Å². The first kappa shape index (κ1) is 22.9. The van der Waals surface area contributed by atoms with E-state index in [4.69, 9.17) is 4.74 Å². The van der Waals surface area contributed by atoms with Crippen LogP contribution in [0.25, 0.3) is 0 Å². The Kier molecular flexibility index (Phi) is 7.20. The highest BCUT2D eigenvalue weighted by Gasteiger charge is 2.30. The van der Waals surface area contributed by atoms with E-state index in [1.54, 1.807) is 23.6 Å². The number of hydrogen-bond acceptors (Lipinski definition) is 6. The van der Waals surface area contributed by atoms with Crippen molar-refractivity contribution in [2.24, 2.45) is 0 Å². The van der Waals surface area contributed by atoms with Gasteiger partial charge in [0.05, 0.1) is 17.9 Å². The number of carbonyl (C=O) groups excluding carboxylic acids is 3. The standard InChI is InChI=1S/C24H28N2O4S2/c1-3-30-24(29)22-16-9-5-4-6-11-18(16)32-23(22)25-20(27)14-26-17-10-7-8-12-19(17)31-15(2)13-21(26)28/h7-8,10,12,15H,3-6,9,11,13-14H2,1-2H3,(H,25,27)/t15-/m1/s1. The maximum atomic E-state index is 13.1. The third-order valence-electron chi connectivity index (χ3n) is 5.70. The normalized spacial score (nSPS) is 18.2. The third-order valence-corrected chi connectivity index (χ3v) is 8.08. The van der Waals surface area contributed by atoms with Gasteiger partial charge in [0, 0.05) is 21.4 Å². The van der Waals surface area contributed by atoms with E-state index in [0.717, 1.165) is 53.1 Å². The van der Waals surface area contributed by atoms with Gasteiger partial charge in [0.1, 0.15) is 11.5 Å². The summed E-state index contributed by atoms with van der Waals surface area (Å²) in [7, 11) is 0. The summed E-state index contributed by atoms with van der Waals surface area (Å²) in [4.78, 5) is 42.4. The quantitative estimate of drug-likeness (QED) is 0.487. The number of rotatable bonds is 5. The SMILES string of the molecule is CCOC(=O)c1c(NC(=O)CN2C(=O)C[C@@H](C)Sc3ccccc32)sc2c1CCCCC2. The van der Waals surface area contributed by atoms with Crippen molar-refractivity contribution in [2.45, 2.75) is 62.5 Å². The summed E-state index contributed by atoms with van der Waals surface area (Å²) in [6, 6.07) is 7.68. The molecule has 1 aliphatic carbocycles. The van der Waals surface area contributed by atoms with Crippen LogP contribution >= 0.6 is 23.1 Å². The number of thiophene rings is 1. The monoisotopic (exact) mass is 472 g/mol. The second-order valence-electron chi connectivity index (χ2n) is 8.12. The Morgan fingerprint density at radius 2 is 1.97 bits per heavy atom. The number of anilines is 2. The molecule has 0 unspecified atom stereocenters. The number of ether oxygens (including phenoxy) is 1. The first-order chi connectivity index (χ1) is 15.5. The Morgan fingerprint density at radius 1 is 1.19 bits per heavy atom. The first-order valence-electron chi connectivity index (χ1n) is 11.2. The van der Waals surface area contributed by atoms with Crippen molar-refractivity contribution in [2.75, 3.05) is 23.4 Å². The van der Waals surface area contributed by atoms with Crippen LogP contribution in [0.2, 0.25) is 0 Å². The lowest BCUT2D eigenvalue weighted by Gasteiger charge is -2.22. The highest BCUT2D eigenvalue weighted by molar-refractivity contribution is 8.00. The zero-order valence-corrected chi connectivity index (χ0v) is 20.1. The summed E-state index contributed by atoms with van der Waals surface area (Å²) in [5, 5.41) is 3.62. The van der Waals surface area contributed by atoms with Crippen molar-refractivity contribution in [1.82, 2.24) is 0 Å². The van der Waals surface area contributed by atoms with Gasteiger partial charge in [0.2, 0.25) is 11.8 Å². The smallest absolute Gasteiger partial charge is 0.341 e. The number of esters is 1. The molecule has 2 aliphatic rings. The minimum atomic E-state index is -0.386. The fraction of sp³-hybridized carbons (Fsp3) is 0.458. The zero-order chi connectivity index (χ0) is 22.7. The minimum Gasteiger partial charge on any atom is -0.462 e. The number of amides is 2. The first-order valence-corrected chi connectivity index (χ1v) is 12.8. The molecular formula is C24H28N2O4S2. The lowest BCUT2D eigenvalue weighted by Crippen LogP contribution is -2.38. The third kappa shape index (κ3) is 4.86. The van der Waals surface area contributed by atoms with E-state index in [1.165, 1.54) is 11.3 Å². The molecule has 8 heteroatoms. The molecule has 0 fully saturated rings. The number of nitrogens with zero attached hydrogens (tertiary/aromatic N) is 1. The molecule has 1 N–H and O–H groups in total. The number of nitrogens with one attached hydrogen (secondary N) is 1. The number of para-hydroxylation sites is 1. The van der Waals surface area contributed by atoms with E-state index < -0.39 is 0 Å². The summed E-state index contributed by atoms with van der Waals surface area (Å²) in [6.07, 6.45) is 5.35. The molecular weight excluding hydrogens is 444 g/mol. The van der Waals surface area contributed by atoms with Crippen LogP contribution in [0.1, 0.15) is 60.3 Å². The Bertz CT molecular complexity index is 1030. The lowest BCUT2D eigenvalue weighted by atomic mass is 10.1. The van der Waals surface area contributed by atoms with Crippen molar-refractivity contribution in [3.63, 3.8) is 0 Å². The van der Waals surface area contributed by atoms with Gasteiger partial charge in [-0.05, 0) is 50.3 Å². The summed E-state index contributed by atoms with van der Waals surface area (Å²) in [5.74, 6) is -0.768. The van der Waals surface area contributed by atoms with Crippen LogP contribution < -0.4 is 10.2 Å². The summed E-state index contributed by atoms with van der Waals surface area (Å²) >= 11 is 3.12. The molecule has 2 heterocycles. The summed E-state index contributed by atoms with van der Waals surface area (Å²) < 4.78 is 5.31. The van der Waals surface area contributed by atoms with Gasteiger partial charge in [-0.3, -0.25) is 9.59 Å². The van der Waals surface area contributed by atoms with Gasteiger partial charge in [0.25, 0.3) is 0 Å². The van der Waals surface area contributed by atoms with E-state index in [0.29, 0.717) is 17.0 Å².